The summed E-state index contributed by atoms with van der Waals surface area (Å²) in [6.45, 7) is 7.30. The van der Waals surface area contributed by atoms with Crippen molar-refractivity contribution < 1.29 is 19.2 Å². The van der Waals surface area contributed by atoms with E-state index in [9.17, 15) is 19.7 Å². The van der Waals surface area contributed by atoms with Gasteiger partial charge < -0.3 is 4.74 Å². The van der Waals surface area contributed by atoms with E-state index in [1.54, 1.807) is 24.4 Å². The summed E-state index contributed by atoms with van der Waals surface area (Å²) in [4.78, 5) is 43.4. The molecule has 156 valence electrons. The van der Waals surface area contributed by atoms with Crippen LogP contribution in [0.4, 0.5) is 11.5 Å². The number of pyridine rings is 1. The Morgan fingerprint density at radius 3 is 2.73 bits per heavy atom. The number of amides is 1. The minimum atomic E-state index is -1.43. The van der Waals surface area contributed by atoms with E-state index >= 15 is 0 Å². The van der Waals surface area contributed by atoms with Crippen molar-refractivity contribution in [2.24, 2.45) is 0 Å². The molecule has 0 saturated carbocycles. The van der Waals surface area contributed by atoms with Gasteiger partial charge in [0.05, 0.1) is 4.92 Å². The molecule has 1 aromatic heterocycles. The molecule has 1 aliphatic heterocycles. The number of fused-ring (bicyclic) bond motifs is 3. The number of aromatic nitrogens is 1. The Labute approximate surface area is 175 Å². The number of carbonyl (C=O) groups excluding carboxylic acids is 2. The van der Waals surface area contributed by atoms with Gasteiger partial charge in [-0.25, -0.2) is 4.98 Å². The van der Waals surface area contributed by atoms with Crippen LogP contribution in [0.1, 0.15) is 21.5 Å². The molecule has 2 heterocycles. The van der Waals surface area contributed by atoms with E-state index in [0.717, 1.165) is 6.04 Å². The summed E-state index contributed by atoms with van der Waals surface area (Å²) in [5, 5.41) is 11.1. The van der Waals surface area contributed by atoms with E-state index in [4.69, 9.17) is 4.74 Å². The number of carbonyl (C=O) groups is 2. The number of rotatable bonds is 6. The maximum Gasteiger partial charge on any atom is 0.270 e. The predicted molar refractivity (Wildman–Crippen MR) is 114 cm³/mol. The lowest BCUT2D eigenvalue weighted by Crippen LogP contribution is -2.45. The van der Waals surface area contributed by atoms with Crippen molar-refractivity contribution in [2.45, 2.75) is 37.5 Å². The first-order chi connectivity index (χ1) is 14.1. The molecule has 0 saturated heterocycles. The summed E-state index contributed by atoms with van der Waals surface area (Å²) < 4.78 is 5.79. The SMILES string of the molecule is C[Si](C)(C)CCOCN1C(=O)C2(Cc3ccc([N+](=O)[O-])cc3C2=O)c2cccnc21. The maximum absolute atomic E-state index is 13.5. The van der Waals surface area contributed by atoms with Crippen LogP contribution < -0.4 is 4.90 Å². The number of hydrogen-bond acceptors (Lipinski definition) is 6. The van der Waals surface area contributed by atoms with Crippen molar-refractivity contribution in [3.05, 3.63) is 63.3 Å². The van der Waals surface area contributed by atoms with E-state index in [0.29, 0.717) is 23.6 Å². The molecule has 1 amide bonds. The number of nitrogens with zero attached hydrogens (tertiary/aromatic N) is 3. The van der Waals surface area contributed by atoms with Crippen LogP contribution in [0, 0.1) is 10.1 Å². The summed E-state index contributed by atoms with van der Waals surface area (Å²) in [5.74, 6) is -0.371. The lowest BCUT2D eigenvalue weighted by Gasteiger charge is -2.22. The van der Waals surface area contributed by atoms with E-state index in [2.05, 4.69) is 24.6 Å². The molecule has 30 heavy (non-hydrogen) atoms. The number of nitro groups is 1. The zero-order valence-corrected chi connectivity index (χ0v) is 18.2. The third kappa shape index (κ3) is 3.14. The molecule has 0 N–H and O–H groups in total. The highest BCUT2D eigenvalue weighted by Crippen LogP contribution is 2.49. The first-order valence-electron chi connectivity index (χ1n) is 9.82. The van der Waals surface area contributed by atoms with Crippen LogP contribution in [-0.2, 0) is 21.4 Å². The second kappa shape index (κ2) is 7.10. The average molecular weight is 426 g/mol. The van der Waals surface area contributed by atoms with Gasteiger partial charge in [-0.3, -0.25) is 24.6 Å². The largest absolute Gasteiger partial charge is 0.361 e. The van der Waals surface area contributed by atoms with Crippen LogP contribution in [0.2, 0.25) is 25.7 Å². The van der Waals surface area contributed by atoms with Gasteiger partial charge >= 0.3 is 0 Å². The van der Waals surface area contributed by atoms with Gasteiger partial charge in [0.1, 0.15) is 18.0 Å². The van der Waals surface area contributed by atoms with Gasteiger partial charge in [0, 0.05) is 44.1 Å². The van der Waals surface area contributed by atoms with Gasteiger partial charge in [-0.2, -0.15) is 0 Å². The van der Waals surface area contributed by atoms with Crippen molar-refractivity contribution in [1.29, 1.82) is 0 Å². The van der Waals surface area contributed by atoms with Gasteiger partial charge in [0.25, 0.3) is 5.69 Å². The van der Waals surface area contributed by atoms with Gasteiger partial charge in [-0.1, -0.05) is 31.8 Å². The molecular weight excluding hydrogens is 402 g/mol. The molecule has 8 nitrogen and oxygen atoms in total. The van der Waals surface area contributed by atoms with Crippen LogP contribution in [0.15, 0.2) is 36.5 Å². The van der Waals surface area contributed by atoms with Crippen molar-refractivity contribution in [2.75, 3.05) is 18.2 Å². The summed E-state index contributed by atoms with van der Waals surface area (Å²) in [6, 6.07) is 8.59. The average Bonchev–Trinajstić information content (AvgIpc) is 3.11. The highest BCUT2D eigenvalue weighted by atomic mass is 28.3. The molecule has 2 aromatic rings. The fourth-order valence-electron chi connectivity index (χ4n) is 4.07. The van der Waals surface area contributed by atoms with Crippen LogP contribution in [0.5, 0.6) is 0 Å². The number of non-ortho nitro benzene ring substituents is 1. The number of Topliss-reactive ketones (excluding diaryl/α,β-unsaturated/α-hetero) is 1. The standard InChI is InChI=1S/C21H23N3O5Si/c1-30(2,3)10-9-29-13-23-19-17(5-4-8-22-19)21(20(23)26)12-14-6-7-15(24(27)28)11-16(14)18(21)25/h4-8,11H,9-10,12-13H2,1-3H3. The maximum atomic E-state index is 13.5. The molecule has 0 bridgehead atoms. The lowest BCUT2D eigenvalue weighted by molar-refractivity contribution is -0.384. The summed E-state index contributed by atoms with van der Waals surface area (Å²) in [7, 11) is -1.28. The molecule has 2 aliphatic rings. The molecule has 0 fully saturated rings. The minimum absolute atomic E-state index is 0.0266. The van der Waals surface area contributed by atoms with E-state index in [1.807, 2.05) is 0 Å². The van der Waals surface area contributed by atoms with Crippen LogP contribution >= 0.6 is 0 Å². The van der Waals surface area contributed by atoms with E-state index in [1.165, 1.54) is 17.0 Å². The molecule has 1 aliphatic carbocycles. The highest BCUT2D eigenvalue weighted by Gasteiger charge is 2.60. The zero-order valence-electron chi connectivity index (χ0n) is 17.2. The zero-order chi connectivity index (χ0) is 21.7. The van der Waals surface area contributed by atoms with Crippen molar-refractivity contribution >= 4 is 31.3 Å². The quantitative estimate of drug-likeness (QED) is 0.231. The monoisotopic (exact) mass is 425 g/mol. The Balaban J connectivity index is 1.67. The number of ketones is 1. The third-order valence-electron chi connectivity index (χ3n) is 5.72. The molecule has 0 radical (unpaired) electrons. The number of hydrogen-bond donors (Lipinski definition) is 0. The molecule has 9 heteroatoms. The van der Waals surface area contributed by atoms with Gasteiger partial charge in [-0.05, 0) is 24.1 Å². The fraction of sp³-hybridized carbons (Fsp3) is 0.381. The number of nitro benzene ring substituents is 1. The van der Waals surface area contributed by atoms with Crippen molar-refractivity contribution in [3.8, 4) is 0 Å². The van der Waals surface area contributed by atoms with Crippen molar-refractivity contribution in [3.63, 3.8) is 0 Å². The Kier molecular flexibility index (Phi) is 4.82. The molecule has 1 spiro atoms. The number of ether oxygens (including phenoxy) is 1. The smallest absolute Gasteiger partial charge is 0.270 e. The van der Waals surface area contributed by atoms with E-state index in [-0.39, 0.29) is 30.3 Å². The topological polar surface area (TPSA) is 103 Å². The molecular formula is C21H23N3O5Si. The first-order valence-corrected chi connectivity index (χ1v) is 13.5. The number of anilines is 1. The van der Waals surface area contributed by atoms with Crippen molar-refractivity contribution in [1.82, 2.24) is 4.98 Å². The second-order valence-electron chi connectivity index (χ2n) is 8.97. The predicted octanol–water partition coefficient (Wildman–Crippen LogP) is 3.33. The lowest BCUT2D eigenvalue weighted by atomic mass is 9.78. The molecule has 1 unspecified atom stereocenters. The Hall–Kier alpha value is -2.91. The third-order valence-corrected chi connectivity index (χ3v) is 7.43. The summed E-state index contributed by atoms with van der Waals surface area (Å²) >= 11 is 0. The second-order valence-corrected chi connectivity index (χ2v) is 14.6. The summed E-state index contributed by atoms with van der Waals surface area (Å²) in [6.07, 6.45) is 1.75. The number of benzene rings is 1. The van der Waals surface area contributed by atoms with Gasteiger partial charge in [-0.15, -0.1) is 0 Å². The Bertz CT molecular complexity index is 1060. The van der Waals surface area contributed by atoms with Crippen LogP contribution in [-0.4, -0.2) is 43.0 Å². The molecule has 4 rings (SSSR count). The molecule has 1 atom stereocenters. The fourth-order valence-corrected chi connectivity index (χ4v) is 4.83. The van der Waals surface area contributed by atoms with Gasteiger partial charge in [0.15, 0.2) is 5.78 Å². The Morgan fingerprint density at radius 1 is 1.27 bits per heavy atom. The van der Waals surface area contributed by atoms with Gasteiger partial charge in [0.2, 0.25) is 5.91 Å². The van der Waals surface area contributed by atoms with Crippen LogP contribution in [0.3, 0.4) is 0 Å². The minimum Gasteiger partial charge on any atom is -0.361 e. The first kappa shape index (κ1) is 20.4. The normalized spacial score (nSPS) is 20.0. The summed E-state index contributed by atoms with van der Waals surface area (Å²) in [5.41, 5.74) is -0.192. The van der Waals surface area contributed by atoms with E-state index < -0.39 is 24.2 Å². The molecule has 1 aromatic carbocycles. The van der Waals surface area contributed by atoms with Crippen LogP contribution in [0.25, 0.3) is 0 Å². The highest BCUT2D eigenvalue weighted by molar-refractivity contribution is 6.76. The Morgan fingerprint density at radius 2 is 2.03 bits per heavy atom.